The van der Waals surface area contributed by atoms with Crippen LogP contribution in [0, 0.1) is 0 Å². The zero-order valence-corrected chi connectivity index (χ0v) is 22.7. The first-order valence-corrected chi connectivity index (χ1v) is 13.4. The molecule has 2 heterocycles. The molecule has 4 N–H and O–H groups in total. The first kappa shape index (κ1) is 26.1. The SMILES string of the molecule is Cn1c2c(c(=O)n(C)c1=O)NC(CCOc1ccc(Cc3c(-c4ccc(O)cc4)ccc4cc(O)ccc34)cc1)N2. The minimum Gasteiger partial charge on any atom is -0.508 e. The average Bonchev–Trinajstić information content (AvgIpc) is 3.41. The van der Waals surface area contributed by atoms with Crippen molar-refractivity contribution in [2.75, 3.05) is 17.2 Å². The number of fused-ring (bicyclic) bond motifs is 2. The molecule has 5 aromatic rings. The summed E-state index contributed by atoms with van der Waals surface area (Å²) in [5, 5.41) is 28.2. The molecule has 0 radical (unpaired) electrons. The molecule has 4 aromatic carbocycles. The van der Waals surface area contributed by atoms with Crippen molar-refractivity contribution in [3.05, 3.63) is 111 Å². The van der Waals surface area contributed by atoms with Crippen LogP contribution in [-0.4, -0.2) is 32.1 Å². The maximum Gasteiger partial charge on any atom is 0.332 e. The Hall–Kier alpha value is -5.18. The normalized spacial score (nSPS) is 14.0. The summed E-state index contributed by atoms with van der Waals surface area (Å²) in [6.45, 7) is 0.407. The lowest BCUT2D eigenvalue weighted by molar-refractivity contribution is 0.306. The fraction of sp³-hybridized carbons (Fsp3) is 0.188. The maximum atomic E-state index is 12.4. The van der Waals surface area contributed by atoms with Gasteiger partial charge in [0, 0.05) is 20.5 Å². The predicted octanol–water partition coefficient (Wildman–Crippen LogP) is 4.54. The number of anilines is 2. The number of ether oxygens (including phenoxy) is 1. The molecule has 1 aliphatic heterocycles. The fourth-order valence-electron chi connectivity index (χ4n) is 5.35. The van der Waals surface area contributed by atoms with Gasteiger partial charge in [-0.1, -0.05) is 42.5 Å². The second-order valence-electron chi connectivity index (χ2n) is 10.3. The molecule has 0 amide bonds. The largest absolute Gasteiger partial charge is 0.508 e. The topological polar surface area (TPSA) is 118 Å². The molecule has 9 heteroatoms. The van der Waals surface area contributed by atoms with Crippen LogP contribution in [0.3, 0.4) is 0 Å². The highest BCUT2D eigenvalue weighted by molar-refractivity contribution is 5.93. The van der Waals surface area contributed by atoms with Crippen molar-refractivity contribution in [1.29, 1.82) is 0 Å². The second kappa shape index (κ2) is 10.4. The lowest BCUT2D eigenvalue weighted by Gasteiger charge is -2.15. The Morgan fingerprint density at radius 1 is 0.829 bits per heavy atom. The van der Waals surface area contributed by atoms with Gasteiger partial charge in [0.25, 0.3) is 5.56 Å². The summed E-state index contributed by atoms with van der Waals surface area (Å²) < 4.78 is 8.50. The molecule has 0 saturated heterocycles. The molecule has 208 valence electrons. The first-order chi connectivity index (χ1) is 19.8. The fourth-order valence-corrected chi connectivity index (χ4v) is 5.35. The molecule has 1 atom stereocenters. The first-order valence-electron chi connectivity index (χ1n) is 13.4. The van der Waals surface area contributed by atoms with E-state index >= 15 is 0 Å². The Morgan fingerprint density at radius 2 is 1.56 bits per heavy atom. The summed E-state index contributed by atoms with van der Waals surface area (Å²) in [5.74, 6) is 1.66. The van der Waals surface area contributed by atoms with E-state index in [4.69, 9.17) is 4.74 Å². The summed E-state index contributed by atoms with van der Waals surface area (Å²) in [4.78, 5) is 24.6. The van der Waals surface area contributed by atoms with Gasteiger partial charge in [-0.3, -0.25) is 13.9 Å². The van der Waals surface area contributed by atoms with Crippen molar-refractivity contribution in [3.63, 3.8) is 0 Å². The number of aromatic hydroxyl groups is 2. The number of phenolic OH excluding ortho intramolecular Hbond substituents is 2. The van der Waals surface area contributed by atoms with Crippen molar-refractivity contribution in [1.82, 2.24) is 9.13 Å². The number of rotatable bonds is 7. The number of aromatic nitrogens is 2. The van der Waals surface area contributed by atoms with Crippen LogP contribution in [0.1, 0.15) is 17.5 Å². The molecule has 1 aromatic heterocycles. The smallest absolute Gasteiger partial charge is 0.332 e. The summed E-state index contributed by atoms with van der Waals surface area (Å²) in [5.41, 5.74) is 3.95. The molecule has 41 heavy (non-hydrogen) atoms. The Bertz CT molecular complexity index is 1880. The summed E-state index contributed by atoms with van der Waals surface area (Å²) >= 11 is 0. The number of phenols is 2. The Morgan fingerprint density at radius 3 is 2.32 bits per heavy atom. The molecule has 0 fully saturated rings. The minimum atomic E-state index is -0.378. The van der Waals surface area contributed by atoms with Crippen LogP contribution >= 0.6 is 0 Å². The van der Waals surface area contributed by atoms with Gasteiger partial charge in [0.1, 0.15) is 34.9 Å². The lowest BCUT2D eigenvalue weighted by atomic mass is 9.90. The molecule has 0 saturated carbocycles. The van der Waals surface area contributed by atoms with E-state index in [-0.39, 0.29) is 28.9 Å². The minimum absolute atomic E-state index is 0.218. The van der Waals surface area contributed by atoms with E-state index in [2.05, 4.69) is 16.7 Å². The number of nitrogens with one attached hydrogen (secondary N) is 2. The molecule has 0 spiro atoms. The van der Waals surface area contributed by atoms with E-state index in [1.165, 1.54) is 11.6 Å². The van der Waals surface area contributed by atoms with Crippen molar-refractivity contribution < 1.29 is 14.9 Å². The summed E-state index contributed by atoms with van der Waals surface area (Å²) in [7, 11) is 3.09. The molecule has 6 rings (SSSR count). The third-order valence-corrected chi connectivity index (χ3v) is 7.57. The van der Waals surface area contributed by atoms with Gasteiger partial charge in [-0.25, -0.2) is 4.79 Å². The van der Waals surface area contributed by atoms with Gasteiger partial charge in [-0.15, -0.1) is 0 Å². The van der Waals surface area contributed by atoms with Crippen LogP contribution in [-0.2, 0) is 20.5 Å². The third kappa shape index (κ3) is 4.98. The van der Waals surface area contributed by atoms with E-state index in [0.717, 1.165) is 43.3 Å². The standard InChI is InChI=1S/C32H30N4O5/c1-35-30-29(31(39)36(2)32(35)40)33-28(34-30)15-16-41-24-11-3-19(4-12-24)17-27-25(20-5-8-22(37)9-6-20)13-7-21-18-23(38)10-14-26(21)27/h3-14,18,28,33-34,37-38H,15-17H2,1-2H3. The van der Waals surface area contributed by atoms with Crippen molar-refractivity contribution in [3.8, 4) is 28.4 Å². The van der Waals surface area contributed by atoms with Crippen LogP contribution in [0.15, 0.2) is 88.5 Å². The van der Waals surface area contributed by atoms with Crippen LogP contribution in [0.25, 0.3) is 21.9 Å². The van der Waals surface area contributed by atoms with Crippen molar-refractivity contribution in [2.24, 2.45) is 14.1 Å². The maximum absolute atomic E-state index is 12.4. The van der Waals surface area contributed by atoms with Crippen molar-refractivity contribution >= 4 is 22.3 Å². The molecular formula is C32H30N4O5. The Labute approximate surface area is 235 Å². The van der Waals surface area contributed by atoms with Gasteiger partial charge in [-0.2, -0.15) is 0 Å². The second-order valence-corrected chi connectivity index (χ2v) is 10.3. The monoisotopic (exact) mass is 550 g/mol. The third-order valence-electron chi connectivity index (χ3n) is 7.57. The highest BCUT2D eigenvalue weighted by atomic mass is 16.5. The zero-order valence-electron chi connectivity index (χ0n) is 22.7. The molecule has 1 unspecified atom stereocenters. The van der Waals surface area contributed by atoms with Gasteiger partial charge < -0.3 is 25.6 Å². The summed E-state index contributed by atoms with van der Waals surface area (Å²) in [6.07, 6.45) is 1.02. The number of hydrogen-bond donors (Lipinski definition) is 4. The number of benzene rings is 4. The van der Waals surface area contributed by atoms with Gasteiger partial charge in [0.05, 0.1) is 6.61 Å². The van der Waals surface area contributed by atoms with Crippen LogP contribution < -0.4 is 26.6 Å². The van der Waals surface area contributed by atoms with E-state index in [1.54, 1.807) is 31.3 Å². The predicted molar refractivity (Wildman–Crippen MR) is 160 cm³/mol. The number of hydrogen-bond acceptors (Lipinski definition) is 7. The molecule has 0 bridgehead atoms. The van der Waals surface area contributed by atoms with Crippen LogP contribution in [0.2, 0.25) is 0 Å². The van der Waals surface area contributed by atoms with Gasteiger partial charge in [0.2, 0.25) is 0 Å². The molecule has 0 aliphatic carbocycles. The molecular weight excluding hydrogens is 520 g/mol. The molecule has 9 nitrogen and oxygen atoms in total. The molecule has 1 aliphatic rings. The van der Waals surface area contributed by atoms with E-state index < -0.39 is 0 Å². The Balaban J connectivity index is 1.16. The average molecular weight is 551 g/mol. The summed E-state index contributed by atoms with van der Waals surface area (Å²) in [6, 6.07) is 24.6. The van der Waals surface area contributed by atoms with Crippen LogP contribution in [0.4, 0.5) is 11.5 Å². The van der Waals surface area contributed by atoms with Gasteiger partial charge in [-0.05, 0) is 75.8 Å². The van der Waals surface area contributed by atoms with Gasteiger partial charge in [0.15, 0.2) is 0 Å². The zero-order chi connectivity index (χ0) is 28.7. The van der Waals surface area contributed by atoms with E-state index in [0.29, 0.717) is 31.0 Å². The van der Waals surface area contributed by atoms with Crippen molar-refractivity contribution in [2.45, 2.75) is 19.0 Å². The highest BCUT2D eigenvalue weighted by Gasteiger charge is 2.26. The van der Waals surface area contributed by atoms with E-state index in [1.807, 2.05) is 48.5 Å². The van der Waals surface area contributed by atoms with E-state index in [9.17, 15) is 19.8 Å². The highest BCUT2D eigenvalue weighted by Crippen LogP contribution is 2.34. The number of nitrogens with zero attached hydrogens (tertiary/aromatic N) is 2. The quantitative estimate of drug-likeness (QED) is 0.235. The lowest BCUT2D eigenvalue weighted by Crippen LogP contribution is -2.37. The van der Waals surface area contributed by atoms with Gasteiger partial charge >= 0.3 is 5.69 Å². The Kier molecular flexibility index (Phi) is 6.62. The van der Waals surface area contributed by atoms with Crippen LogP contribution in [0.5, 0.6) is 17.2 Å².